The molecule has 1 saturated carbocycles. The van der Waals surface area contributed by atoms with Crippen molar-refractivity contribution >= 4 is 11.9 Å². The molecule has 0 aromatic rings. The average molecular weight is 297 g/mol. The van der Waals surface area contributed by atoms with Gasteiger partial charge < -0.3 is 20.3 Å². The Morgan fingerprint density at radius 2 is 1.67 bits per heavy atom. The van der Waals surface area contributed by atoms with Gasteiger partial charge in [-0.2, -0.15) is 0 Å². The first-order valence-corrected chi connectivity index (χ1v) is 7.94. The molecule has 2 fully saturated rings. The number of urea groups is 1. The lowest BCUT2D eigenvalue weighted by atomic mass is 9.85. The molecule has 0 unspecified atom stereocenters. The maximum Gasteiger partial charge on any atom is 0.317 e. The molecule has 0 radical (unpaired) electrons. The smallest absolute Gasteiger partial charge is 0.317 e. The number of nitrogens with zero attached hydrogens (tertiary/aromatic N) is 1. The van der Waals surface area contributed by atoms with Gasteiger partial charge in [0.25, 0.3) is 0 Å². The highest BCUT2D eigenvalue weighted by atomic mass is 16.5. The van der Waals surface area contributed by atoms with Crippen molar-refractivity contribution in [2.75, 3.05) is 27.2 Å². The second-order valence-corrected chi connectivity index (χ2v) is 6.03. The molecule has 6 heteroatoms. The van der Waals surface area contributed by atoms with Gasteiger partial charge in [0.1, 0.15) is 0 Å². The van der Waals surface area contributed by atoms with Gasteiger partial charge in [-0.3, -0.25) is 4.79 Å². The molecule has 1 saturated heterocycles. The van der Waals surface area contributed by atoms with Crippen LogP contribution < -0.4 is 10.6 Å². The van der Waals surface area contributed by atoms with Crippen LogP contribution in [0.5, 0.6) is 0 Å². The van der Waals surface area contributed by atoms with Crippen LogP contribution >= 0.6 is 0 Å². The molecule has 0 bridgehead atoms. The molecule has 1 heterocycles. The summed E-state index contributed by atoms with van der Waals surface area (Å²) in [6.45, 7) is 1.52. The highest BCUT2D eigenvalue weighted by Gasteiger charge is 2.28. The zero-order chi connectivity index (χ0) is 15.2. The molecular weight excluding hydrogens is 270 g/mol. The van der Waals surface area contributed by atoms with E-state index in [4.69, 9.17) is 4.74 Å². The van der Waals surface area contributed by atoms with Crippen LogP contribution in [0.15, 0.2) is 0 Å². The molecule has 120 valence electrons. The Bertz CT molecular complexity index is 359. The summed E-state index contributed by atoms with van der Waals surface area (Å²) in [5.74, 6) is 0.238. The second-order valence-electron chi connectivity index (χ2n) is 6.03. The lowest BCUT2D eigenvalue weighted by Gasteiger charge is -2.34. The summed E-state index contributed by atoms with van der Waals surface area (Å²) in [5.41, 5.74) is 0. The summed E-state index contributed by atoms with van der Waals surface area (Å²) in [4.78, 5) is 25.7. The SMILES string of the molecule is CNC(=O)C1CCC(NC(=O)N2CCC(OC)CC2)CC1. The van der Waals surface area contributed by atoms with Crippen LogP contribution in [0.3, 0.4) is 0 Å². The summed E-state index contributed by atoms with van der Waals surface area (Å²) in [5, 5.41) is 5.82. The predicted molar refractivity (Wildman–Crippen MR) is 79.9 cm³/mol. The summed E-state index contributed by atoms with van der Waals surface area (Å²) in [6.07, 6.45) is 5.60. The predicted octanol–water partition coefficient (Wildman–Crippen LogP) is 1.11. The van der Waals surface area contributed by atoms with E-state index in [9.17, 15) is 9.59 Å². The molecule has 2 N–H and O–H groups in total. The average Bonchev–Trinajstić information content (AvgIpc) is 2.55. The molecule has 6 nitrogen and oxygen atoms in total. The molecule has 2 aliphatic rings. The Hall–Kier alpha value is -1.30. The standard InChI is InChI=1S/C15H27N3O3/c1-16-14(19)11-3-5-12(6-4-11)17-15(20)18-9-7-13(21-2)8-10-18/h11-13H,3-10H2,1-2H3,(H,16,19)(H,17,20). The van der Waals surface area contributed by atoms with Crippen molar-refractivity contribution in [3.8, 4) is 0 Å². The van der Waals surface area contributed by atoms with E-state index < -0.39 is 0 Å². The molecule has 2 rings (SSSR count). The third-order valence-electron chi connectivity index (χ3n) is 4.73. The van der Waals surface area contributed by atoms with E-state index in [0.717, 1.165) is 51.6 Å². The fourth-order valence-corrected chi connectivity index (χ4v) is 3.26. The van der Waals surface area contributed by atoms with Crippen molar-refractivity contribution in [3.63, 3.8) is 0 Å². The number of hydrogen-bond donors (Lipinski definition) is 2. The summed E-state index contributed by atoms with van der Waals surface area (Å²) in [7, 11) is 3.41. The van der Waals surface area contributed by atoms with E-state index in [-0.39, 0.29) is 30.0 Å². The lowest BCUT2D eigenvalue weighted by molar-refractivity contribution is -0.125. The number of likely N-dealkylation sites (tertiary alicyclic amines) is 1. The van der Waals surface area contributed by atoms with Crippen molar-refractivity contribution in [1.82, 2.24) is 15.5 Å². The van der Waals surface area contributed by atoms with Gasteiger partial charge in [0, 0.05) is 39.2 Å². The fraction of sp³-hybridized carbons (Fsp3) is 0.867. The van der Waals surface area contributed by atoms with Gasteiger partial charge in [-0.05, 0) is 38.5 Å². The van der Waals surface area contributed by atoms with Gasteiger partial charge >= 0.3 is 6.03 Å². The molecule has 3 amide bonds. The number of piperidine rings is 1. The van der Waals surface area contributed by atoms with Gasteiger partial charge in [-0.15, -0.1) is 0 Å². The number of methoxy groups -OCH3 is 1. The summed E-state index contributed by atoms with van der Waals surface area (Å²) < 4.78 is 5.32. The Balaban J connectivity index is 1.71. The largest absolute Gasteiger partial charge is 0.381 e. The Labute approximate surface area is 126 Å². The van der Waals surface area contributed by atoms with Crippen LogP contribution in [0, 0.1) is 5.92 Å². The quantitative estimate of drug-likeness (QED) is 0.820. The van der Waals surface area contributed by atoms with Crippen LogP contribution in [-0.4, -0.2) is 56.2 Å². The maximum atomic E-state index is 12.2. The third kappa shape index (κ3) is 4.33. The van der Waals surface area contributed by atoms with Crippen molar-refractivity contribution in [1.29, 1.82) is 0 Å². The molecule has 21 heavy (non-hydrogen) atoms. The molecular formula is C15H27N3O3. The van der Waals surface area contributed by atoms with Crippen LogP contribution in [0.2, 0.25) is 0 Å². The molecule has 0 spiro atoms. The minimum absolute atomic E-state index is 0.0351. The third-order valence-corrected chi connectivity index (χ3v) is 4.73. The van der Waals surface area contributed by atoms with Gasteiger partial charge in [0.15, 0.2) is 0 Å². The van der Waals surface area contributed by atoms with E-state index in [1.807, 2.05) is 4.90 Å². The minimum atomic E-state index is 0.0351. The number of nitrogens with one attached hydrogen (secondary N) is 2. The number of hydrogen-bond acceptors (Lipinski definition) is 3. The highest BCUT2D eigenvalue weighted by Crippen LogP contribution is 2.24. The number of amides is 3. The van der Waals surface area contributed by atoms with Gasteiger partial charge in [-0.25, -0.2) is 4.79 Å². The van der Waals surface area contributed by atoms with Crippen LogP contribution in [-0.2, 0) is 9.53 Å². The van der Waals surface area contributed by atoms with E-state index in [1.54, 1.807) is 14.2 Å². The summed E-state index contributed by atoms with van der Waals surface area (Å²) in [6, 6.07) is 0.242. The maximum absolute atomic E-state index is 12.2. The van der Waals surface area contributed by atoms with E-state index >= 15 is 0 Å². The molecule has 0 aromatic carbocycles. The highest BCUT2D eigenvalue weighted by molar-refractivity contribution is 5.78. The zero-order valence-electron chi connectivity index (χ0n) is 13.1. The lowest BCUT2D eigenvalue weighted by Crippen LogP contribution is -2.49. The van der Waals surface area contributed by atoms with Crippen molar-refractivity contribution in [2.24, 2.45) is 5.92 Å². The second kappa shape index (κ2) is 7.64. The van der Waals surface area contributed by atoms with Crippen molar-refractivity contribution in [2.45, 2.75) is 50.7 Å². The minimum Gasteiger partial charge on any atom is -0.381 e. The summed E-state index contributed by atoms with van der Waals surface area (Å²) >= 11 is 0. The van der Waals surface area contributed by atoms with Crippen LogP contribution in [0.25, 0.3) is 0 Å². The zero-order valence-corrected chi connectivity index (χ0v) is 13.1. The normalized spacial score (nSPS) is 27.2. The van der Waals surface area contributed by atoms with Gasteiger partial charge in [0.2, 0.25) is 5.91 Å². The van der Waals surface area contributed by atoms with Crippen LogP contribution in [0.1, 0.15) is 38.5 Å². The monoisotopic (exact) mass is 297 g/mol. The number of carbonyl (C=O) groups excluding carboxylic acids is 2. The van der Waals surface area contributed by atoms with Crippen molar-refractivity contribution in [3.05, 3.63) is 0 Å². The number of ether oxygens (including phenoxy) is 1. The molecule has 1 aliphatic heterocycles. The fourth-order valence-electron chi connectivity index (χ4n) is 3.26. The van der Waals surface area contributed by atoms with Crippen LogP contribution in [0.4, 0.5) is 4.79 Å². The van der Waals surface area contributed by atoms with E-state index in [1.165, 1.54) is 0 Å². The molecule has 0 aromatic heterocycles. The number of rotatable bonds is 3. The number of carbonyl (C=O) groups is 2. The first-order chi connectivity index (χ1) is 10.1. The Morgan fingerprint density at radius 3 is 2.19 bits per heavy atom. The van der Waals surface area contributed by atoms with Gasteiger partial charge in [0.05, 0.1) is 6.10 Å². The Kier molecular flexibility index (Phi) is 5.85. The van der Waals surface area contributed by atoms with E-state index in [2.05, 4.69) is 10.6 Å². The molecule has 0 atom stereocenters. The molecule has 1 aliphatic carbocycles. The van der Waals surface area contributed by atoms with Gasteiger partial charge in [-0.1, -0.05) is 0 Å². The first kappa shape index (κ1) is 16.1. The first-order valence-electron chi connectivity index (χ1n) is 7.94. The Morgan fingerprint density at radius 1 is 1.05 bits per heavy atom. The van der Waals surface area contributed by atoms with Crippen molar-refractivity contribution < 1.29 is 14.3 Å². The topological polar surface area (TPSA) is 70.7 Å². The van der Waals surface area contributed by atoms with E-state index in [0.29, 0.717) is 0 Å².